The van der Waals surface area contributed by atoms with Crippen molar-refractivity contribution in [3.8, 4) is 0 Å². The van der Waals surface area contributed by atoms with E-state index in [1.807, 2.05) is 0 Å². The van der Waals surface area contributed by atoms with Gasteiger partial charge in [-0.05, 0) is 32.4 Å². The molecule has 3 amide bonds. The summed E-state index contributed by atoms with van der Waals surface area (Å²) in [6.45, 7) is 2.86. The van der Waals surface area contributed by atoms with E-state index >= 15 is 0 Å². The quantitative estimate of drug-likeness (QED) is 0.477. The minimum absolute atomic E-state index is 0.127. The highest BCUT2D eigenvalue weighted by Gasteiger charge is 2.43. The van der Waals surface area contributed by atoms with Gasteiger partial charge in [0.25, 0.3) is 17.7 Å². The number of ether oxygens (including phenoxy) is 1. The molecular weight excluding hydrogens is 388 g/mol. The average molecular weight is 410 g/mol. The Kier molecular flexibility index (Phi) is 6.55. The minimum atomic E-state index is -3.47. The fraction of sp³-hybridized carbons (Fsp3) is 0.444. The first-order valence-electron chi connectivity index (χ1n) is 8.62. The number of benzene rings is 1. The highest BCUT2D eigenvalue weighted by atomic mass is 32.2. The molecule has 2 rings (SSSR count). The molecule has 1 aliphatic heterocycles. The van der Waals surface area contributed by atoms with Crippen LogP contribution in [0.3, 0.4) is 0 Å². The largest absolute Gasteiger partial charge is 0.454 e. The van der Waals surface area contributed by atoms with E-state index < -0.39 is 51.9 Å². The fourth-order valence-corrected chi connectivity index (χ4v) is 3.42. The third-order valence-corrected chi connectivity index (χ3v) is 4.94. The van der Waals surface area contributed by atoms with Gasteiger partial charge in [0.2, 0.25) is 0 Å². The minimum Gasteiger partial charge on any atom is -0.454 e. The first-order chi connectivity index (χ1) is 13.0. The number of fused-ring (bicyclic) bond motifs is 1. The standard InChI is InChI=1S/C18H22N2O7S/c1-11(2)19-15(21)10-27-18(24)14(8-9-28(3,25)26)20-16(22)12-6-4-5-7-13(12)17(20)23/h4-7,11,14H,8-10H2,1-3H3,(H,19,21)/t14-/m1/s1. The summed E-state index contributed by atoms with van der Waals surface area (Å²) in [7, 11) is -3.47. The van der Waals surface area contributed by atoms with Crippen LogP contribution in [-0.2, 0) is 24.2 Å². The van der Waals surface area contributed by atoms with Crippen molar-refractivity contribution >= 4 is 33.5 Å². The second kappa shape index (κ2) is 8.51. The Labute approximate surface area is 162 Å². The second-order valence-electron chi connectivity index (χ2n) is 6.79. The molecule has 0 unspecified atom stereocenters. The number of nitrogens with zero attached hydrogens (tertiary/aromatic N) is 1. The summed E-state index contributed by atoms with van der Waals surface area (Å²) in [4.78, 5) is 50.2. The van der Waals surface area contributed by atoms with Gasteiger partial charge in [-0.1, -0.05) is 12.1 Å². The van der Waals surface area contributed by atoms with E-state index in [0.717, 1.165) is 6.26 Å². The first kappa shape index (κ1) is 21.5. The number of imide groups is 1. The van der Waals surface area contributed by atoms with E-state index in [0.29, 0.717) is 4.90 Å². The zero-order valence-corrected chi connectivity index (χ0v) is 16.6. The van der Waals surface area contributed by atoms with E-state index in [-0.39, 0.29) is 23.6 Å². The van der Waals surface area contributed by atoms with E-state index in [9.17, 15) is 27.6 Å². The average Bonchev–Trinajstić information content (AvgIpc) is 2.84. The lowest BCUT2D eigenvalue weighted by Gasteiger charge is -2.24. The molecule has 152 valence electrons. The van der Waals surface area contributed by atoms with Crippen molar-refractivity contribution < 1.29 is 32.3 Å². The summed E-state index contributed by atoms with van der Waals surface area (Å²) < 4.78 is 28.0. The molecule has 1 aromatic rings. The normalized spacial score (nSPS) is 14.8. The fourth-order valence-electron chi connectivity index (χ4n) is 2.77. The summed E-state index contributed by atoms with van der Waals surface area (Å²) in [5.41, 5.74) is 0.254. The van der Waals surface area contributed by atoms with Crippen molar-refractivity contribution in [2.24, 2.45) is 0 Å². The van der Waals surface area contributed by atoms with Crippen LogP contribution < -0.4 is 5.32 Å². The van der Waals surface area contributed by atoms with Gasteiger partial charge >= 0.3 is 5.97 Å². The molecular formula is C18H22N2O7S. The second-order valence-corrected chi connectivity index (χ2v) is 9.05. The lowest BCUT2D eigenvalue weighted by molar-refractivity contribution is -0.152. The number of hydrogen-bond donors (Lipinski definition) is 1. The molecule has 1 N–H and O–H groups in total. The monoisotopic (exact) mass is 410 g/mol. The third kappa shape index (κ3) is 5.16. The number of hydrogen-bond acceptors (Lipinski definition) is 7. The number of sulfone groups is 1. The molecule has 0 aliphatic carbocycles. The Morgan fingerprint density at radius 3 is 2.11 bits per heavy atom. The number of amides is 3. The van der Waals surface area contributed by atoms with E-state index in [2.05, 4.69) is 5.32 Å². The molecule has 0 fully saturated rings. The van der Waals surface area contributed by atoms with Gasteiger partial charge in [-0.15, -0.1) is 0 Å². The van der Waals surface area contributed by atoms with Crippen LogP contribution in [0.2, 0.25) is 0 Å². The third-order valence-electron chi connectivity index (χ3n) is 3.97. The predicted octanol–water partition coefficient (Wildman–Crippen LogP) is 0.154. The van der Waals surface area contributed by atoms with Crippen LogP contribution in [0.15, 0.2) is 24.3 Å². The lowest BCUT2D eigenvalue weighted by Crippen LogP contribution is -2.47. The summed E-state index contributed by atoms with van der Waals surface area (Å²) in [5, 5.41) is 2.54. The van der Waals surface area contributed by atoms with Gasteiger partial charge in [0.05, 0.1) is 16.9 Å². The number of carbonyl (C=O) groups is 4. The van der Waals surface area contributed by atoms with Crippen LogP contribution in [-0.4, -0.2) is 67.7 Å². The molecule has 0 saturated carbocycles. The molecule has 1 heterocycles. The van der Waals surface area contributed by atoms with Gasteiger partial charge in [0.15, 0.2) is 6.61 Å². The van der Waals surface area contributed by atoms with Crippen LogP contribution in [0.4, 0.5) is 0 Å². The van der Waals surface area contributed by atoms with Gasteiger partial charge in [-0.2, -0.15) is 0 Å². The number of rotatable bonds is 8. The smallest absolute Gasteiger partial charge is 0.329 e. The summed E-state index contributed by atoms with van der Waals surface area (Å²) in [5.74, 6) is -3.41. The molecule has 1 aliphatic rings. The van der Waals surface area contributed by atoms with Gasteiger partial charge in [-0.25, -0.2) is 13.2 Å². The Hall–Kier alpha value is -2.75. The lowest BCUT2D eigenvalue weighted by atomic mass is 10.1. The molecule has 0 spiro atoms. The van der Waals surface area contributed by atoms with E-state index in [4.69, 9.17) is 4.74 Å². The van der Waals surface area contributed by atoms with Crippen molar-refractivity contribution in [1.82, 2.24) is 10.2 Å². The van der Waals surface area contributed by atoms with Crippen molar-refractivity contribution in [3.63, 3.8) is 0 Å². The molecule has 0 saturated heterocycles. The predicted molar refractivity (Wildman–Crippen MR) is 99.3 cm³/mol. The summed E-state index contributed by atoms with van der Waals surface area (Å²) in [6.07, 6.45) is 0.656. The van der Waals surface area contributed by atoms with E-state index in [1.165, 1.54) is 12.1 Å². The first-order valence-corrected chi connectivity index (χ1v) is 10.7. The van der Waals surface area contributed by atoms with Crippen molar-refractivity contribution in [1.29, 1.82) is 0 Å². The van der Waals surface area contributed by atoms with Gasteiger partial charge in [0, 0.05) is 12.3 Å². The molecule has 0 radical (unpaired) electrons. The molecule has 1 atom stereocenters. The number of carbonyl (C=O) groups excluding carboxylic acids is 4. The van der Waals surface area contributed by atoms with Crippen molar-refractivity contribution in [3.05, 3.63) is 35.4 Å². The highest BCUT2D eigenvalue weighted by Crippen LogP contribution is 2.26. The van der Waals surface area contributed by atoms with Crippen LogP contribution in [0, 0.1) is 0 Å². The van der Waals surface area contributed by atoms with Crippen LogP contribution in [0.25, 0.3) is 0 Å². The van der Waals surface area contributed by atoms with Crippen molar-refractivity contribution in [2.45, 2.75) is 32.4 Å². The Morgan fingerprint density at radius 2 is 1.64 bits per heavy atom. The Balaban J connectivity index is 2.22. The number of nitrogens with one attached hydrogen (secondary N) is 1. The zero-order valence-electron chi connectivity index (χ0n) is 15.8. The SMILES string of the molecule is CC(C)NC(=O)COC(=O)[C@@H](CCS(C)(=O)=O)N1C(=O)c2ccccc2C1=O. The van der Waals surface area contributed by atoms with E-state index in [1.54, 1.807) is 26.0 Å². The Morgan fingerprint density at radius 1 is 1.11 bits per heavy atom. The van der Waals surface area contributed by atoms with Gasteiger partial charge < -0.3 is 10.1 Å². The zero-order chi connectivity index (χ0) is 21.1. The molecule has 0 bridgehead atoms. The van der Waals surface area contributed by atoms with Crippen LogP contribution >= 0.6 is 0 Å². The summed E-state index contributed by atoms with van der Waals surface area (Å²) >= 11 is 0. The van der Waals surface area contributed by atoms with Crippen LogP contribution in [0.5, 0.6) is 0 Å². The Bertz CT molecular complexity index is 873. The molecule has 9 nitrogen and oxygen atoms in total. The maximum absolute atomic E-state index is 12.6. The maximum atomic E-state index is 12.6. The van der Waals surface area contributed by atoms with Gasteiger partial charge in [-0.3, -0.25) is 19.3 Å². The molecule has 1 aromatic carbocycles. The van der Waals surface area contributed by atoms with Crippen molar-refractivity contribution in [2.75, 3.05) is 18.6 Å². The molecule has 0 aromatic heterocycles. The highest BCUT2D eigenvalue weighted by molar-refractivity contribution is 7.90. The molecule has 10 heteroatoms. The van der Waals surface area contributed by atoms with Crippen LogP contribution in [0.1, 0.15) is 41.0 Å². The maximum Gasteiger partial charge on any atom is 0.329 e. The number of esters is 1. The van der Waals surface area contributed by atoms with Gasteiger partial charge in [0.1, 0.15) is 15.9 Å². The molecule has 28 heavy (non-hydrogen) atoms. The summed E-state index contributed by atoms with van der Waals surface area (Å²) in [6, 6.07) is 4.44. The topological polar surface area (TPSA) is 127 Å².